The number of hydrogen-bond acceptors (Lipinski definition) is 4. The Morgan fingerprint density at radius 1 is 1.12 bits per heavy atom. The first-order valence-corrected chi connectivity index (χ1v) is 9.86. The van der Waals surface area contributed by atoms with Crippen molar-refractivity contribution in [2.75, 3.05) is 53.4 Å². The number of amides is 1. The first-order chi connectivity index (χ1) is 12.5. The molecule has 144 valence electrons. The number of piperazine rings is 1. The highest BCUT2D eigenvalue weighted by Crippen LogP contribution is 2.28. The maximum atomic E-state index is 12.9. The van der Waals surface area contributed by atoms with Gasteiger partial charge in [-0.15, -0.1) is 0 Å². The minimum absolute atomic E-state index is 0.104. The van der Waals surface area contributed by atoms with Crippen LogP contribution < -0.4 is 4.74 Å². The van der Waals surface area contributed by atoms with Crippen molar-refractivity contribution < 1.29 is 9.53 Å². The van der Waals surface area contributed by atoms with E-state index in [1.165, 1.54) is 0 Å². The first-order valence-electron chi connectivity index (χ1n) is 9.86. The molecule has 5 heteroatoms. The van der Waals surface area contributed by atoms with Crippen LogP contribution in [0.5, 0.6) is 5.75 Å². The lowest BCUT2D eigenvalue weighted by molar-refractivity contribution is 0.0498. The third-order valence-corrected chi connectivity index (χ3v) is 6.21. The normalized spacial score (nSPS) is 21.6. The fourth-order valence-electron chi connectivity index (χ4n) is 4.26. The predicted molar refractivity (Wildman–Crippen MR) is 105 cm³/mol. The number of likely N-dealkylation sites (N-methyl/N-ethyl adjacent to an activating group) is 1. The molecular weight excluding hydrogens is 326 g/mol. The van der Waals surface area contributed by atoms with Gasteiger partial charge in [0, 0.05) is 45.3 Å². The van der Waals surface area contributed by atoms with Gasteiger partial charge in [0.25, 0.3) is 5.91 Å². The Morgan fingerprint density at radius 2 is 1.77 bits per heavy atom. The molecule has 0 bridgehead atoms. The van der Waals surface area contributed by atoms with Crippen LogP contribution in [0.3, 0.4) is 0 Å². The molecule has 2 fully saturated rings. The lowest BCUT2D eigenvalue weighted by Crippen LogP contribution is -2.52. The van der Waals surface area contributed by atoms with Gasteiger partial charge in [-0.2, -0.15) is 0 Å². The van der Waals surface area contributed by atoms with Crippen molar-refractivity contribution in [3.8, 4) is 5.75 Å². The number of hydrogen-bond donors (Lipinski definition) is 0. The molecule has 1 aromatic rings. The maximum Gasteiger partial charge on any atom is 0.257 e. The van der Waals surface area contributed by atoms with Gasteiger partial charge < -0.3 is 14.5 Å². The Kier molecular flexibility index (Phi) is 6.20. The number of rotatable bonds is 4. The van der Waals surface area contributed by atoms with Crippen molar-refractivity contribution in [1.29, 1.82) is 0 Å². The van der Waals surface area contributed by atoms with Crippen molar-refractivity contribution in [3.05, 3.63) is 29.3 Å². The van der Waals surface area contributed by atoms with Crippen molar-refractivity contribution in [3.63, 3.8) is 0 Å². The van der Waals surface area contributed by atoms with E-state index in [2.05, 4.69) is 23.8 Å². The molecule has 1 aromatic carbocycles. The lowest BCUT2D eigenvalue weighted by atomic mass is 9.88. The molecule has 3 rings (SSSR count). The number of nitrogens with zero attached hydrogens (tertiary/aromatic N) is 3. The summed E-state index contributed by atoms with van der Waals surface area (Å²) in [6.07, 6.45) is 2.18. The fraction of sp³-hybridized carbons (Fsp3) is 0.667. The van der Waals surface area contributed by atoms with Crippen molar-refractivity contribution in [1.82, 2.24) is 14.7 Å². The summed E-state index contributed by atoms with van der Waals surface area (Å²) in [6.45, 7) is 10.7. The number of ether oxygens (including phenoxy) is 1. The van der Waals surface area contributed by atoms with Crippen LogP contribution in [0.25, 0.3) is 0 Å². The molecule has 0 spiro atoms. The quantitative estimate of drug-likeness (QED) is 0.828. The highest BCUT2D eigenvalue weighted by molar-refractivity contribution is 5.97. The van der Waals surface area contributed by atoms with E-state index in [1.807, 2.05) is 30.0 Å². The van der Waals surface area contributed by atoms with Crippen molar-refractivity contribution >= 4 is 5.91 Å². The number of piperidine rings is 1. The third kappa shape index (κ3) is 4.21. The topological polar surface area (TPSA) is 36.0 Å². The van der Waals surface area contributed by atoms with E-state index in [0.29, 0.717) is 23.3 Å². The summed E-state index contributed by atoms with van der Waals surface area (Å²) in [4.78, 5) is 20.0. The van der Waals surface area contributed by atoms with Gasteiger partial charge in [-0.3, -0.25) is 9.69 Å². The van der Waals surface area contributed by atoms with Crippen LogP contribution in [0.4, 0.5) is 0 Å². The SMILES string of the molecule is COc1cc(C)ccc1C(=O)N1CCC([C@@H](C)N2CCN(C)CC2)CC1. The molecule has 0 aromatic heterocycles. The highest BCUT2D eigenvalue weighted by Gasteiger charge is 2.31. The Hall–Kier alpha value is -1.59. The van der Waals surface area contributed by atoms with Gasteiger partial charge in [0.1, 0.15) is 5.75 Å². The van der Waals surface area contributed by atoms with E-state index in [-0.39, 0.29) is 5.91 Å². The summed E-state index contributed by atoms with van der Waals surface area (Å²) in [5, 5.41) is 0. The third-order valence-electron chi connectivity index (χ3n) is 6.21. The Morgan fingerprint density at radius 3 is 2.38 bits per heavy atom. The minimum Gasteiger partial charge on any atom is -0.496 e. The predicted octanol–water partition coefficient (Wildman–Crippen LogP) is 2.49. The molecule has 2 aliphatic rings. The molecule has 0 saturated carbocycles. The zero-order valence-corrected chi connectivity index (χ0v) is 16.7. The van der Waals surface area contributed by atoms with Crippen LogP contribution in [0.1, 0.15) is 35.7 Å². The average Bonchev–Trinajstić information content (AvgIpc) is 2.67. The van der Waals surface area contributed by atoms with E-state index in [1.54, 1.807) is 7.11 Å². The van der Waals surface area contributed by atoms with Gasteiger partial charge in [0.15, 0.2) is 0 Å². The molecule has 2 saturated heterocycles. The number of carbonyl (C=O) groups is 1. The monoisotopic (exact) mass is 359 g/mol. The maximum absolute atomic E-state index is 12.9. The van der Waals surface area contributed by atoms with Crippen LogP contribution in [0, 0.1) is 12.8 Å². The number of carbonyl (C=O) groups excluding carboxylic acids is 1. The minimum atomic E-state index is 0.104. The average molecular weight is 360 g/mol. The highest BCUT2D eigenvalue weighted by atomic mass is 16.5. The summed E-state index contributed by atoms with van der Waals surface area (Å²) in [5.41, 5.74) is 1.79. The summed E-state index contributed by atoms with van der Waals surface area (Å²) in [5.74, 6) is 1.47. The fourth-order valence-corrected chi connectivity index (χ4v) is 4.26. The van der Waals surface area contributed by atoms with Gasteiger partial charge in [-0.05, 0) is 57.4 Å². The van der Waals surface area contributed by atoms with E-state index in [4.69, 9.17) is 4.74 Å². The second kappa shape index (κ2) is 8.40. The molecule has 0 unspecified atom stereocenters. The van der Waals surface area contributed by atoms with Gasteiger partial charge in [-0.1, -0.05) is 6.07 Å². The standard InChI is InChI=1S/C21H33N3O2/c1-16-5-6-19(20(15-16)26-4)21(25)24-9-7-18(8-10-24)17(2)23-13-11-22(3)12-14-23/h5-6,15,17-18H,7-14H2,1-4H3/t17-/m1/s1. The molecule has 1 amide bonds. The molecule has 0 aliphatic carbocycles. The van der Waals surface area contributed by atoms with Crippen LogP contribution in [0.15, 0.2) is 18.2 Å². The van der Waals surface area contributed by atoms with Crippen LogP contribution in [0.2, 0.25) is 0 Å². The molecule has 1 atom stereocenters. The van der Waals surface area contributed by atoms with Crippen molar-refractivity contribution in [2.24, 2.45) is 5.92 Å². The first kappa shape index (κ1) is 19.2. The summed E-state index contributed by atoms with van der Waals surface area (Å²) in [6, 6.07) is 6.43. The second-order valence-corrected chi connectivity index (χ2v) is 7.91. The summed E-state index contributed by atoms with van der Waals surface area (Å²) in [7, 11) is 3.83. The largest absolute Gasteiger partial charge is 0.496 e. The summed E-state index contributed by atoms with van der Waals surface area (Å²) < 4.78 is 5.43. The Labute approximate surface area is 157 Å². The number of likely N-dealkylation sites (tertiary alicyclic amines) is 1. The number of benzene rings is 1. The molecule has 0 radical (unpaired) electrons. The molecular formula is C21H33N3O2. The number of methoxy groups -OCH3 is 1. The molecule has 5 nitrogen and oxygen atoms in total. The van der Waals surface area contributed by atoms with Crippen LogP contribution >= 0.6 is 0 Å². The lowest BCUT2D eigenvalue weighted by Gasteiger charge is -2.42. The van der Waals surface area contributed by atoms with Crippen molar-refractivity contribution in [2.45, 2.75) is 32.7 Å². The Bertz CT molecular complexity index is 618. The molecule has 2 heterocycles. The van der Waals surface area contributed by atoms with E-state index < -0.39 is 0 Å². The smallest absolute Gasteiger partial charge is 0.257 e. The molecule has 26 heavy (non-hydrogen) atoms. The summed E-state index contributed by atoms with van der Waals surface area (Å²) >= 11 is 0. The molecule has 0 N–H and O–H groups in total. The number of aryl methyl sites for hydroxylation is 1. The zero-order valence-electron chi connectivity index (χ0n) is 16.7. The molecule has 2 aliphatic heterocycles. The van der Waals surface area contributed by atoms with Crippen LogP contribution in [-0.2, 0) is 0 Å². The van der Waals surface area contributed by atoms with Gasteiger partial charge in [0.05, 0.1) is 12.7 Å². The van der Waals surface area contributed by atoms with Gasteiger partial charge in [0.2, 0.25) is 0 Å². The Balaban J connectivity index is 1.57. The van der Waals surface area contributed by atoms with E-state index >= 15 is 0 Å². The van der Waals surface area contributed by atoms with Gasteiger partial charge in [-0.25, -0.2) is 0 Å². The second-order valence-electron chi connectivity index (χ2n) is 7.91. The van der Waals surface area contributed by atoms with E-state index in [0.717, 1.165) is 57.7 Å². The van der Waals surface area contributed by atoms with E-state index in [9.17, 15) is 4.79 Å². The van der Waals surface area contributed by atoms with Crippen LogP contribution in [-0.4, -0.2) is 80.1 Å². The van der Waals surface area contributed by atoms with Gasteiger partial charge >= 0.3 is 0 Å². The zero-order chi connectivity index (χ0) is 18.7.